The third-order valence-corrected chi connectivity index (χ3v) is 6.25. The van der Waals surface area contributed by atoms with Crippen molar-refractivity contribution in [2.24, 2.45) is 0 Å². The summed E-state index contributed by atoms with van der Waals surface area (Å²) in [4.78, 5) is 23.3. The van der Waals surface area contributed by atoms with Crippen LogP contribution in [0.4, 0.5) is 23.3 Å². The lowest BCUT2D eigenvalue weighted by molar-refractivity contribution is 0.121. The Morgan fingerprint density at radius 2 is 1.97 bits per heavy atom. The molecule has 3 aromatic heterocycles. The highest BCUT2D eigenvalue weighted by molar-refractivity contribution is 7.17. The standard InChI is InChI=1S/C23H23N5O4S/c29-10-7-24-19-5-6-25-23(27-19)26-16-3-1-15(2-4-16)17-14-33-22-18(30)13-20(32-21(17)22)28-8-11-31-12-9-28/h1-6,13-14,29H,7-12H2,(H2,24,25,26,27). The minimum atomic E-state index is -0.0286. The Bertz CT molecular complexity index is 1300. The molecule has 0 spiro atoms. The van der Waals surface area contributed by atoms with Gasteiger partial charge in [-0.1, -0.05) is 12.1 Å². The lowest BCUT2D eigenvalue weighted by atomic mass is 10.1. The molecule has 0 aliphatic carbocycles. The fourth-order valence-electron chi connectivity index (χ4n) is 3.63. The maximum atomic E-state index is 12.7. The molecular weight excluding hydrogens is 442 g/mol. The predicted molar refractivity (Wildman–Crippen MR) is 130 cm³/mol. The highest BCUT2D eigenvalue weighted by atomic mass is 32.1. The molecule has 0 atom stereocenters. The molecule has 3 N–H and O–H groups in total. The van der Waals surface area contributed by atoms with E-state index in [0.29, 0.717) is 60.8 Å². The summed E-state index contributed by atoms with van der Waals surface area (Å²) < 4.78 is 12.2. The molecule has 33 heavy (non-hydrogen) atoms. The van der Waals surface area contributed by atoms with Crippen LogP contribution in [0.1, 0.15) is 0 Å². The second-order valence-corrected chi connectivity index (χ2v) is 8.35. The fraction of sp³-hybridized carbons (Fsp3) is 0.261. The van der Waals surface area contributed by atoms with Gasteiger partial charge >= 0.3 is 0 Å². The molecular formula is C23H23N5O4S. The van der Waals surface area contributed by atoms with Gasteiger partial charge in [-0.25, -0.2) is 4.98 Å². The Hall–Kier alpha value is -3.47. The van der Waals surface area contributed by atoms with Crippen molar-refractivity contribution < 1.29 is 14.3 Å². The van der Waals surface area contributed by atoms with E-state index in [1.54, 1.807) is 18.3 Å². The number of fused-ring (bicyclic) bond motifs is 1. The fourth-order valence-corrected chi connectivity index (χ4v) is 4.55. The predicted octanol–water partition coefficient (Wildman–Crippen LogP) is 3.30. The van der Waals surface area contributed by atoms with Crippen LogP contribution in [0.3, 0.4) is 0 Å². The largest absolute Gasteiger partial charge is 0.439 e. The normalized spacial score (nSPS) is 13.9. The van der Waals surface area contributed by atoms with Gasteiger partial charge < -0.3 is 29.8 Å². The number of ether oxygens (including phenoxy) is 1. The maximum Gasteiger partial charge on any atom is 0.229 e. The first-order valence-corrected chi connectivity index (χ1v) is 11.5. The topological polar surface area (TPSA) is 113 Å². The van der Waals surface area contributed by atoms with Gasteiger partial charge in [0.05, 0.1) is 19.8 Å². The minimum absolute atomic E-state index is 0.0273. The van der Waals surface area contributed by atoms with Crippen molar-refractivity contribution in [1.29, 1.82) is 0 Å². The number of nitrogens with one attached hydrogen (secondary N) is 2. The van der Waals surface area contributed by atoms with Gasteiger partial charge in [-0.3, -0.25) is 4.79 Å². The average Bonchev–Trinajstić information content (AvgIpc) is 3.29. The number of hydrogen-bond donors (Lipinski definition) is 3. The van der Waals surface area contributed by atoms with Gasteiger partial charge in [0.25, 0.3) is 0 Å². The zero-order chi connectivity index (χ0) is 22.6. The van der Waals surface area contributed by atoms with Gasteiger partial charge in [0, 0.05) is 48.5 Å². The summed E-state index contributed by atoms with van der Waals surface area (Å²) in [6.07, 6.45) is 1.65. The summed E-state index contributed by atoms with van der Waals surface area (Å²) in [5.41, 5.74) is 3.25. The van der Waals surface area contributed by atoms with Crippen LogP contribution in [0.5, 0.6) is 0 Å². The molecule has 170 valence electrons. The number of morpholine rings is 1. The van der Waals surface area contributed by atoms with Crippen LogP contribution in [0, 0.1) is 0 Å². The van der Waals surface area contributed by atoms with Crippen LogP contribution in [-0.4, -0.2) is 54.5 Å². The molecule has 0 saturated carbocycles. The van der Waals surface area contributed by atoms with Crippen molar-refractivity contribution in [3.05, 3.63) is 58.2 Å². The van der Waals surface area contributed by atoms with Crippen molar-refractivity contribution in [2.45, 2.75) is 0 Å². The van der Waals surface area contributed by atoms with E-state index in [9.17, 15) is 4.79 Å². The Balaban J connectivity index is 1.39. The van der Waals surface area contributed by atoms with Crippen LogP contribution < -0.4 is 21.0 Å². The highest BCUT2D eigenvalue weighted by Crippen LogP contribution is 2.35. The zero-order valence-corrected chi connectivity index (χ0v) is 18.6. The van der Waals surface area contributed by atoms with Crippen molar-refractivity contribution in [1.82, 2.24) is 9.97 Å². The van der Waals surface area contributed by atoms with E-state index in [1.165, 1.54) is 11.3 Å². The maximum absolute atomic E-state index is 12.7. The van der Waals surface area contributed by atoms with E-state index in [-0.39, 0.29) is 12.0 Å². The first-order valence-electron chi connectivity index (χ1n) is 10.6. The van der Waals surface area contributed by atoms with Gasteiger partial charge in [-0.15, -0.1) is 11.3 Å². The smallest absolute Gasteiger partial charge is 0.229 e. The van der Waals surface area contributed by atoms with Crippen molar-refractivity contribution >= 4 is 45.0 Å². The van der Waals surface area contributed by atoms with Gasteiger partial charge in [0.2, 0.25) is 11.4 Å². The zero-order valence-electron chi connectivity index (χ0n) is 17.8. The van der Waals surface area contributed by atoms with E-state index in [0.717, 1.165) is 16.8 Å². The van der Waals surface area contributed by atoms with E-state index >= 15 is 0 Å². The van der Waals surface area contributed by atoms with Crippen LogP contribution in [0.15, 0.2) is 57.2 Å². The Morgan fingerprint density at radius 1 is 1.15 bits per heavy atom. The molecule has 0 bridgehead atoms. The second-order valence-electron chi connectivity index (χ2n) is 7.47. The first kappa shape index (κ1) is 21.4. The van der Waals surface area contributed by atoms with Crippen LogP contribution in [0.2, 0.25) is 0 Å². The van der Waals surface area contributed by atoms with Gasteiger partial charge in [-0.2, -0.15) is 4.98 Å². The molecule has 0 radical (unpaired) electrons. The number of hydrogen-bond acceptors (Lipinski definition) is 10. The number of aliphatic hydroxyl groups excluding tert-OH is 1. The van der Waals surface area contributed by atoms with Crippen molar-refractivity contribution in [3.8, 4) is 11.1 Å². The summed E-state index contributed by atoms with van der Waals surface area (Å²) in [5.74, 6) is 1.67. The summed E-state index contributed by atoms with van der Waals surface area (Å²) in [5, 5.41) is 17.1. The summed E-state index contributed by atoms with van der Waals surface area (Å²) in [6, 6.07) is 11.1. The molecule has 4 aromatic rings. The Labute approximate surface area is 193 Å². The van der Waals surface area contributed by atoms with E-state index in [1.807, 2.05) is 34.5 Å². The minimum Gasteiger partial charge on any atom is -0.439 e. The lowest BCUT2D eigenvalue weighted by Gasteiger charge is -2.27. The SMILES string of the molecule is O=c1cc(N2CCOCC2)oc2c(-c3ccc(Nc4nccc(NCCO)n4)cc3)csc12. The molecule has 1 saturated heterocycles. The lowest BCUT2D eigenvalue weighted by Crippen LogP contribution is -2.36. The molecule has 1 fully saturated rings. The number of aliphatic hydroxyl groups is 1. The van der Waals surface area contributed by atoms with Crippen molar-refractivity contribution in [2.75, 3.05) is 55.0 Å². The summed E-state index contributed by atoms with van der Waals surface area (Å²) in [7, 11) is 0. The van der Waals surface area contributed by atoms with Gasteiger partial charge in [-0.05, 0) is 23.8 Å². The first-order chi connectivity index (χ1) is 16.2. The molecule has 0 amide bonds. The monoisotopic (exact) mass is 465 g/mol. The molecule has 0 unspecified atom stereocenters. The number of anilines is 4. The highest BCUT2D eigenvalue weighted by Gasteiger charge is 2.18. The molecule has 1 aliphatic rings. The van der Waals surface area contributed by atoms with Gasteiger partial charge in [0.1, 0.15) is 10.5 Å². The van der Waals surface area contributed by atoms with Crippen LogP contribution >= 0.6 is 11.3 Å². The number of aromatic nitrogens is 2. The Morgan fingerprint density at radius 3 is 2.76 bits per heavy atom. The van der Waals surface area contributed by atoms with E-state index < -0.39 is 0 Å². The van der Waals surface area contributed by atoms with Crippen LogP contribution in [0.25, 0.3) is 21.4 Å². The van der Waals surface area contributed by atoms with E-state index in [2.05, 4.69) is 20.6 Å². The molecule has 1 aliphatic heterocycles. The Kier molecular flexibility index (Phi) is 6.20. The number of rotatable bonds is 7. The number of nitrogens with zero attached hydrogens (tertiary/aromatic N) is 3. The summed E-state index contributed by atoms with van der Waals surface area (Å²) in [6.45, 7) is 3.09. The molecule has 10 heteroatoms. The molecule has 9 nitrogen and oxygen atoms in total. The van der Waals surface area contributed by atoms with Crippen molar-refractivity contribution in [3.63, 3.8) is 0 Å². The van der Waals surface area contributed by atoms with Crippen LogP contribution in [-0.2, 0) is 4.74 Å². The third-order valence-electron chi connectivity index (χ3n) is 5.28. The third kappa shape index (κ3) is 4.68. The molecule has 1 aromatic carbocycles. The second kappa shape index (κ2) is 9.57. The number of benzene rings is 1. The van der Waals surface area contributed by atoms with E-state index in [4.69, 9.17) is 14.3 Å². The molecule has 5 rings (SSSR count). The quantitative estimate of drug-likeness (QED) is 0.378. The van der Waals surface area contributed by atoms with Gasteiger partial charge in [0.15, 0.2) is 11.5 Å². The average molecular weight is 466 g/mol. The molecule has 4 heterocycles. The number of thiophene rings is 1. The summed E-state index contributed by atoms with van der Waals surface area (Å²) >= 11 is 1.40.